The van der Waals surface area contributed by atoms with Gasteiger partial charge in [-0.2, -0.15) is 22.3 Å². The molecule has 0 aliphatic heterocycles. The molecule has 1 aromatic carbocycles. The summed E-state index contributed by atoms with van der Waals surface area (Å²) < 4.78 is 1.66. The summed E-state index contributed by atoms with van der Waals surface area (Å²) in [6.45, 7) is 0. The zero-order valence-corrected chi connectivity index (χ0v) is 11.0. The predicted octanol–water partition coefficient (Wildman–Crippen LogP) is 2.26. The van der Waals surface area contributed by atoms with Crippen LogP contribution in [0, 0.1) is 0 Å². The average Bonchev–Trinajstić information content (AvgIpc) is 2.72. The van der Waals surface area contributed by atoms with E-state index < -0.39 is 0 Å². The maximum Gasteiger partial charge on any atom is 0.224 e. The quantitative estimate of drug-likeness (QED) is 0.495. The van der Waals surface area contributed by atoms with Crippen molar-refractivity contribution in [3.05, 3.63) is 30.3 Å². The third-order valence-electron chi connectivity index (χ3n) is 2.15. The number of thiol groups is 1. The molecule has 0 saturated heterocycles. The molecule has 0 aliphatic carbocycles. The van der Waals surface area contributed by atoms with Crippen molar-refractivity contribution in [2.45, 2.75) is 11.6 Å². The van der Waals surface area contributed by atoms with Crippen LogP contribution in [0.3, 0.4) is 0 Å². The van der Waals surface area contributed by atoms with Gasteiger partial charge < -0.3 is 5.73 Å². The fourth-order valence-corrected chi connectivity index (χ4v) is 2.49. The number of hydrogen-bond acceptors (Lipinski definition) is 5. The summed E-state index contributed by atoms with van der Waals surface area (Å²) in [5.41, 5.74) is 6.77. The largest absolute Gasteiger partial charge is 0.368 e. The van der Waals surface area contributed by atoms with Crippen LogP contribution in [0.15, 0.2) is 35.5 Å². The predicted molar refractivity (Wildman–Crippen MR) is 75.0 cm³/mol. The van der Waals surface area contributed by atoms with Gasteiger partial charge in [0.05, 0.1) is 5.69 Å². The van der Waals surface area contributed by atoms with Crippen molar-refractivity contribution < 1.29 is 0 Å². The van der Waals surface area contributed by atoms with Gasteiger partial charge >= 0.3 is 0 Å². The Hall–Kier alpha value is -1.14. The van der Waals surface area contributed by atoms with Gasteiger partial charge in [0, 0.05) is 5.75 Å². The smallest absolute Gasteiger partial charge is 0.224 e. The fraction of sp³-hybridized carbons (Fsp3) is 0.273. The molecule has 0 aliphatic rings. The molecular formula is C11H14N4S2. The van der Waals surface area contributed by atoms with Crippen molar-refractivity contribution in [3.8, 4) is 5.69 Å². The second kappa shape index (κ2) is 5.97. The Bertz CT molecular complexity index is 470. The Labute approximate surface area is 110 Å². The highest BCUT2D eigenvalue weighted by atomic mass is 32.2. The molecule has 1 heterocycles. The Morgan fingerprint density at radius 2 is 2.06 bits per heavy atom. The van der Waals surface area contributed by atoms with Gasteiger partial charge in [-0.1, -0.05) is 30.0 Å². The van der Waals surface area contributed by atoms with E-state index >= 15 is 0 Å². The molecule has 1 aromatic heterocycles. The lowest BCUT2D eigenvalue weighted by atomic mass is 10.3. The lowest BCUT2D eigenvalue weighted by molar-refractivity contribution is 0.840. The number of benzene rings is 1. The Morgan fingerprint density at radius 1 is 1.29 bits per heavy atom. The fourth-order valence-electron chi connectivity index (χ4n) is 1.35. The molecule has 4 nitrogen and oxygen atoms in total. The number of hydrogen-bond donors (Lipinski definition) is 2. The number of anilines is 1. The lowest BCUT2D eigenvalue weighted by Gasteiger charge is -2.00. The summed E-state index contributed by atoms with van der Waals surface area (Å²) in [5, 5.41) is 5.09. The highest BCUT2D eigenvalue weighted by Gasteiger charge is 2.08. The van der Waals surface area contributed by atoms with E-state index in [9.17, 15) is 0 Å². The topological polar surface area (TPSA) is 56.7 Å². The number of aromatic nitrogens is 3. The molecular weight excluding hydrogens is 252 g/mol. The monoisotopic (exact) mass is 266 g/mol. The van der Waals surface area contributed by atoms with Crippen molar-refractivity contribution in [2.75, 3.05) is 17.2 Å². The van der Waals surface area contributed by atoms with E-state index in [-0.39, 0.29) is 0 Å². The Morgan fingerprint density at radius 3 is 2.76 bits per heavy atom. The van der Waals surface area contributed by atoms with Crippen molar-refractivity contribution in [3.63, 3.8) is 0 Å². The first-order valence-corrected chi connectivity index (χ1v) is 6.94. The molecule has 2 N–H and O–H groups in total. The van der Waals surface area contributed by atoms with Crippen LogP contribution in [0.25, 0.3) is 5.69 Å². The normalized spacial score (nSPS) is 10.6. The summed E-state index contributed by atoms with van der Waals surface area (Å²) in [7, 11) is 0. The highest BCUT2D eigenvalue weighted by Crippen LogP contribution is 2.18. The third kappa shape index (κ3) is 3.17. The van der Waals surface area contributed by atoms with E-state index in [0.29, 0.717) is 11.1 Å². The SMILES string of the molecule is Nc1nc(SCCCS)nn1-c1ccccc1. The first-order chi connectivity index (χ1) is 8.31. The molecule has 90 valence electrons. The Kier molecular flexibility index (Phi) is 4.33. The first-order valence-electron chi connectivity index (χ1n) is 5.33. The van der Waals surface area contributed by atoms with E-state index in [1.807, 2.05) is 30.3 Å². The summed E-state index contributed by atoms with van der Waals surface area (Å²) in [5.74, 6) is 2.26. The molecule has 2 rings (SSSR count). The molecule has 0 bridgehead atoms. The van der Waals surface area contributed by atoms with Crippen LogP contribution in [-0.2, 0) is 0 Å². The van der Waals surface area contributed by atoms with Gasteiger partial charge in [0.1, 0.15) is 0 Å². The molecule has 0 saturated carbocycles. The summed E-state index contributed by atoms with van der Waals surface area (Å²) in [6, 6.07) is 9.76. The van der Waals surface area contributed by atoms with Crippen LogP contribution in [0.5, 0.6) is 0 Å². The van der Waals surface area contributed by atoms with E-state index in [1.54, 1.807) is 16.4 Å². The standard InChI is InChI=1S/C11H14N4S2/c12-10-13-11(17-8-4-7-16)14-15(10)9-5-2-1-3-6-9/h1-3,5-6,16H,4,7-8H2,(H2,12,13,14). The van der Waals surface area contributed by atoms with Crippen LogP contribution in [0.2, 0.25) is 0 Å². The first kappa shape index (κ1) is 12.3. The van der Waals surface area contributed by atoms with Crippen LogP contribution in [-0.4, -0.2) is 26.3 Å². The van der Waals surface area contributed by atoms with E-state index in [1.165, 1.54) is 0 Å². The number of thioether (sulfide) groups is 1. The van der Waals surface area contributed by atoms with Crippen molar-refractivity contribution in [1.82, 2.24) is 14.8 Å². The van der Waals surface area contributed by atoms with E-state index in [4.69, 9.17) is 5.73 Å². The molecule has 0 spiro atoms. The average molecular weight is 266 g/mol. The van der Waals surface area contributed by atoms with Gasteiger partial charge in [0.25, 0.3) is 0 Å². The van der Waals surface area contributed by atoms with Gasteiger partial charge in [0.15, 0.2) is 0 Å². The highest BCUT2D eigenvalue weighted by molar-refractivity contribution is 7.99. The number of para-hydroxylation sites is 1. The zero-order chi connectivity index (χ0) is 12.1. The van der Waals surface area contributed by atoms with Crippen LogP contribution < -0.4 is 5.73 Å². The molecule has 0 radical (unpaired) electrons. The summed E-state index contributed by atoms with van der Waals surface area (Å²) in [6.07, 6.45) is 1.04. The van der Waals surface area contributed by atoms with E-state index in [2.05, 4.69) is 22.7 Å². The van der Waals surface area contributed by atoms with E-state index in [0.717, 1.165) is 23.6 Å². The minimum atomic E-state index is 0.421. The van der Waals surface area contributed by atoms with Gasteiger partial charge in [-0.15, -0.1) is 5.10 Å². The molecule has 0 fully saturated rings. The number of nitrogens with two attached hydrogens (primary N) is 1. The maximum atomic E-state index is 5.84. The molecule has 0 atom stereocenters. The maximum absolute atomic E-state index is 5.84. The molecule has 0 amide bonds. The van der Waals surface area contributed by atoms with Crippen molar-refractivity contribution in [1.29, 1.82) is 0 Å². The van der Waals surface area contributed by atoms with Gasteiger partial charge in [-0.25, -0.2) is 0 Å². The molecule has 17 heavy (non-hydrogen) atoms. The minimum Gasteiger partial charge on any atom is -0.368 e. The van der Waals surface area contributed by atoms with Crippen molar-refractivity contribution in [2.24, 2.45) is 0 Å². The van der Waals surface area contributed by atoms with Crippen molar-refractivity contribution >= 4 is 30.3 Å². The summed E-state index contributed by atoms with van der Waals surface area (Å²) in [4.78, 5) is 4.23. The van der Waals surface area contributed by atoms with Crippen LogP contribution in [0.4, 0.5) is 5.95 Å². The number of nitrogens with zero attached hydrogens (tertiary/aromatic N) is 3. The lowest BCUT2D eigenvalue weighted by Crippen LogP contribution is -2.01. The number of nitrogen functional groups attached to an aromatic ring is 1. The van der Waals surface area contributed by atoms with Crippen LogP contribution >= 0.6 is 24.4 Å². The van der Waals surface area contributed by atoms with Gasteiger partial charge in [0.2, 0.25) is 11.1 Å². The summed E-state index contributed by atoms with van der Waals surface area (Å²) >= 11 is 5.77. The van der Waals surface area contributed by atoms with Crippen LogP contribution in [0.1, 0.15) is 6.42 Å². The molecule has 0 unspecified atom stereocenters. The van der Waals surface area contributed by atoms with Gasteiger partial charge in [-0.3, -0.25) is 0 Å². The molecule has 6 heteroatoms. The second-order valence-electron chi connectivity index (χ2n) is 3.43. The molecule has 2 aromatic rings. The Balaban J connectivity index is 2.14. The number of rotatable bonds is 5. The second-order valence-corrected chi connectivity index (χ2v) is 4.93. The zero-order valence-electron chi connectivity index (χ0n) is 9.28. The minimum absolute atomic E-state index is 0.421. The van der Waals surface area contributed by atoms with Gasteiger partial charge in [-0.05, 0) is 24.3 Å². The third-order valence-corrected chi connectivity index (χ3v) is 3.39.